The van der Waals surface area contributed by atoms with Crippen molar-refractivity contribution in [2.45, 2.75) is 39.2 Å². The third-order valence-corrected chi connectivity index (χ3v) is 6.99. The van der Waals surface area contributed by atoms with E-state index in [1.54, 1.807) is 11.3 Å². The van der Waals surface area contributed by atoms with E-state index in [0.717, 1.165) is 47.6 Å². The van der Waals surface area contributed by atoms with Gasteiger partial charge in [-0.25, -0.2) is 4.98 Å². The molecule has 1 aliphatic rings. The topological polar surface area (TPSA) is 59.4 Å². The summed E-state index contributed by atoms with van der Waals surface area (Å²) in [6.07, 6.45) is 3.23. The monoisotopic (exact) mass is 398 g/mol. The number of aryl methyl sites for hydroxylation is 1. The third kappa shape index (κ3) is 3.84. The number of fused-ring (bicyclic) bond motifs is 3. The van der Waals surface area contributed by atoms with Crippen LogP contribution in [0.1, 0.15) is 42.6 Å². The average molecular weight is 399 g/mol. The van der Waals surface area contributed by atoms with Crippen molar-refractivity contribution in [2.24, 2.45) is 5.92 Å². The van der Waals surface area contributed by atoms with Gasteiger partial charge < -0.3 is 14.6 Å². The van der Waals surface area contributed by atoms with Gasteiger partial charge in [-0.1, -0.05) is 25.1 Å². The lowest BCUT2D eigenvalue weighted by atomic mass is 9.89. The van der Waals surface area contributed by atoms with E-state index in [9.17, 15) is 4.79 Å². The van der Waals surface area contributed by atoms with E-state index in [1.807, 2.05) is 30.3 Å². The molecule has 148 valence electrons. The fraction of sp³-hybridized carbons (Fsp3) is 0.455. The summed E-state index contributed by atoms with van der Waals surface area (Å²) in [7, 11) is 2.12. The van der Waals surface area contributed by atoms with Crippen LogP contribution in [0.3, 0.4) is 0 Å². The molecule has 0 saturated carbocycles. The van der Waals surface area contributed by atoms with Gasteiger partial charge in [0.1, 0.15) is 29.8 Å². The maximum Gasteiger partial charge on any atom is 0.260 e. The maximum atomic E-state index is 12.8. The quantitative estimate of drug-likeness (QED) is 0.671. The van der Waals surface area contributed by atoms with Crippen LogP contribution < -0.4 is 15.2 Å². The Balaban J connectivity index is 1.49. The molecule has 2 aromatic heterocycles. The van der Waals surface area contributed by atoms with Crippen LogP contribution in [-0.2, 0) is 12.8 Å². The van der Waals surface area contributed by atoms with Crippen LogP contribution in [0.25, 0.3) is 10.2 Å². The summed E-state index contributed by atoms with van der Waals surface area (Å²) in [5.41, 5.74) is 1.26. The van der Waals surface area contributed by atoms with Crippen molar-refractivity contribution in [2.75, 3.05) is 20.2 Å². The lowest BCUT2D eigenvalue weighted by molar-refractivity contribution is -0.910. The number of para-hydroxylation sites is 1. The molecule has 0 saturated heterocycles. The Morgan fingerprint density at radius 2 is 2.14 bits per heavy atom. The number of hydrogen-bond donors (Lipinski definition) is 2. The molecule has 0 radical (unpaired) electrons. The largest absolute Gasteiger partial charge is 0.488 e. The molecule has 0 fully saturated rings. The number of nitrogens with one attached hydrogen (secondary N) is 2. The second-order valence-corrected chi connectivity index (χ2v) is 9.05. The zero-order valence-electron chi connectivity index (χ0n) is 16.7. The summed E-state index contributed by atoms with van der Waals surface area (Å²) in [6, 6.07) is 9.94. The molecule has 0 amide bonds. The highest BCUT2D eigenvalue weighted by atomic mass is 32.1. The molecule has 6 heteroatoms. The Hall–Kier alpha value is -2.18. The van der Waals surface area contributed by atoms with Crippen molar-refractivity contribution < 1.29 is 9.64 Å². The number of aromatic amines is 1. The first-order valence-electron chi connectivity index (χ1n) is 10.1. The Labute approximate surface area is 169 Å². The molecule has 1 unspecified atom stereocenters. The molecule has 3 aromatic rings. The predicted octanol–water partition coefficient (Wildman–Crippen LogP) is 2.76. The summed E-state index contributed by atoms with van der Waals surface area (Å²) in [6.45, 7) is 5.85. The van der Waals surface area contributed by atoms with Crippen LogP contribution in [0.2, 0.25) is 0 Å². The number of thiophene rings is 1. The first kappa shape index (κ1) is 19.2. The fourth-order valence-electron chi connectivity index (χ4n) is 3.87. The number of likely N-dealkylation sites (N-methyl/N-ethyl adjacent to an activating group) is 1. The van der Waals surface area contributed by atoms with Crippen LogP contribution in [-0.4, -0.2) is 30.2 Å². The van der Waals surface area contributed by atoms with Crippen molar-refractivity contribution in [3.05, 3.63) is 57.0 Å². The molecule has 0 bridgehead atoms. The zero-order chi connectivity index (χ0) is 19.7. The van der Waals surface area contributed by atoms with Crippen LogP contribution in [0.15, 0.2) is 35.1 Å². The first-order valence-corrected chi connectivity index (χ1v) is 10.9. The Kier molecular flexibility index (Phi) is 5.51. The molecule has 1 aliphatic carbocycles. The number of benzene rings is 1. The van der Waals surface area contributed by atoms with E-state index >= 15 is 0 Å². The smallest absolute Gasteiger partial charge is 0.260 e. The van der Waals surface area contributed by atoms with Crippen LogP contribution >= 0.6 is 11.3 Å². The van der Waals surface area contributed by atoms with E-state index < -0.39 is 0 Å². The van der Waals surface area contributed by atoms with Gasteiger partial charge in [0, 0.05) is 4.88 Å². The van der Waals surface area contributed by atoms with Gasteiger partial charge in [-0.15, -0.1) is 11.3 Å². The molecule has 1 aromatic carbocycles. The van der Waals surface area contributed by atoms with E-state index in [2.05, 4.69) is 25.9 Å². The number of quaternary nitrogens is 1. The van der Waals surface area contributed by atoms with E-state index in [4.69, 9.17) is 9.72 Å². The van der Waals surface area contributed by atoms with Gasteiger partial charge in [0.15, 0.2) is 5.82 Å². The first-order chi connectivity index (χ1) is 13.5. The molecule has 5 nitrogen and oxygen atoms in total. The van der Waals surface area contributed by atoms with Crippen molar-refractivity contribution >= 4 is 21.6 Å². The molecule has 4 rings (SSSR count). The third-order valence-electron chi connectivity index (χ3n) is 5.84. The fourth-order valence-corrected chi connectivity index (χ4v) is 5.26. The molecule has 28 heavy (non-hydrogen) atoms. The summed E-state index contributed by atoms with van der Waals surface area (Å²) in [4.78, 5) is 24.3. The van der Waals surface area contributed by atoms with Crippen molar-refractivity contribution in [3.63, 3.8) is 0 Å². The second-order valence-electron chi connectivity index (χ2n) is 7.96. The van der Waals surface area contributed by atoms with Gasteiger partial charge in [-0.3, -0.25) is 4.79 Å². The Morgan fingerprint density at radius 1 is 1.36 bits per heavy atom. The number of nitrogens with zero attached hydrogens (tertiary/aromatic N) is 1. The standard InChI is InChI=1S/C22H27N3O2S/c1-14-9-10-17-18(13-14)28-22-19(17)21(26)23-20(24-22)15(2)25(3)11-12-27-16-7-5-4-6-8-16/h4-8,14-15H,9-13H2,1-3H3,(H,23,24,26)/p+1/t14-,15+/m0/s1. The number of aromatic nitrogens is 2. The van der Waals surface area contributed by atoms with E-state index in [1.165, 1.54) is 15.3 Å². The molecular weight excluding hydrogens is 370 g/mol. The van der Waals surface area contributed by atoms with Gasteiger partial charge in [-0.05, 0) is 49.8 Å². The molecule has 0 spiro atoms. The van der Waals surface area contributed by atoms with Gasteiger partial charge in [-0.2, -0.15) is 0 Å². The van der Waals surface area contributed by atoms with E-state index in [0.29, 0.717) is 12.5 Å². The number of hydrogen-bond acceptors (Lipinski definition) is 4. The number of H-pyrrole nitrogens is 1. The van der Waals surface area contributed by atoms with Crippen LogP contribution in [0, 0.1) is 5.92 Å². The van der Waals surface area contributed by atoms with Gasteiger partial charge in [0.25, 0.3) is 5.56 Å². The minimum Gasteiger partial charge on any atom is -0.488 e. The number of ether oxygens (including phenoxy) is 1. The molecule has 0 aliphatic heterocycles. The highest BCUT2D eigenvalue weighted by molar-refractivity contribution is 7.18. The van der Waals surface area contributed by atoms with Gasteiger partial charge in [0.2, 0.25) is 0 Å². The van der Waals surface area contributed by atoms with Crippen molar-refractivity contribution in [1.82, 2.24) is 9.97 Å². The zero-order valence-corrected chi connectivity index (χ0v) is 17.6. The minimum absolute atomic E-state index is 0.0206. The highest BCUT2D eigenvalue weighted by Gasteiger charge is 2.25. The Morgan fingerprint density at radius 3 is 2.93 bits per heavy atom. The molecule has 3 atom stereocenters. The van der Waals surface area contributed by atoms with Crippen LogP contribution in [0.4, 0.5) is 0 Å². The lowest BCUT2D eigenvalue weighted by Gasteiger charge is -2.21. The molecule has 2 N–H and O–H groups in total. The predicted molar refractivity (Wildman–Crippen MR) is 114 cm³/mol. The maximum absolute atomic E-state index is 12.8. The normalized spacial score (nSPS) is 18.6. The van der Waals surface area contributed by atoms with Crippen molar-refractivity contribution in [1.29, 1.82) is 0 Å². The lowest BCUT2D eigenvalue weighted by Crippen LogP contribution is -3.09. The Bertz CT molecular complexity index is 1010. The summed E-state index contributed by atoms with van der Waals surface area (Å²) >= 11 is 1.71. The van der Waals surface area contributed by atoms with Gasteiger partial charge in [0.05, 0.1) is 12.4 Å². The SMILES string of the molecule is C[C@H]1CCc2c(sc3nc([C@@H](C)[NH+](C)CCOc4ccccc4)[nH]c(=O)c23)C1. The van der Waals surface area contributed by atoms with Crippen molar-refractivity contribution in [3.8, 4) is 5.75 Å². The summed E-state index contributed by atoms with van der Waals surface area (Å²) in [5.74, 6) is 2.34. The minimum atomic E-state index is 0.0206. The highest BCUT2D eigenvalue weighted by Crippen LogP contribution is 2.35. The molecular formula is C22H28N3O2S+. The molecule has 2 heterocycles. The average Bonchev–Trinajstić information content (AvgIpc) is 3.05. The number of rotatable bonds is 6. The van der Waals surface area contributed by atoms with E-state index in [-0.39, 0.29) is 11.6 Å². The summed E-state index contributed by atoms with van der Waals surface area (Å²) in [5, 5.41) is 0.827. The van der Waals surface area contributed by atoms with Gasteiger partial charge >= 0.3 is 0 Å². The van der Waals surface area contributed by atoms with Crippen LogP contribution in [0.5, 0.6) is 5.75 Å². The summed E-state index contributed by atoms with van der Waals surface area (Å²) < 4.78 is 5.81. The second kappa shape index (κ2) is 8.05.